The number of rotatable bonds is 5. The molecule has 1 aliphatic heterocycles. The Labute approximate surface area is 182 Å². The van der Waals surface area contributed by atoms with Gasteiger partial charge >= 0.3 is 5.63 Å². The van der Waals surface area contributed by atoms with Crippen molar-refractivity contribution in [1.29, 1.82) is 0 Å². The highest BCUT2D eigenvalue weighted by molar-refractivity contribution is 5.85. The Morgan fingerprint density at radius 3 is 2.55 bits per heavy atom. The molecule has 2 aliphatic rings. The van der Waals surface area contributed by atoms with Gasteiger partial charge in [0.15, 0.2) is 0 Å². The summed E-state index contributed by atoms with van der Waals surface area (Å²) < 4.78 is 16.5. The van der Waals surface area contributed by atoms with Gasteiger partial charge in [0.05, 0.1) is 25.2 Å². The summed E-state index contributed by atoms with van der Waals surface area (Å²) >= 11 is 0. The number of hydrogen-bond acceptors (Lipinski definition) is 6. The number of nitrogens with zero attached hydrogens (tertiary/aromatic N) is 2. The highest BCUT2D eigenvalue weighted by atomic mass is 16.5. The van der Waals surface area contributed by atoms with E-state index in [0.29, 0.717) is 34.8 Å². The summed E-state index contributed by atoms with van der Waals surface area (Å²) in [6.07, 6.45) is 2.25. The maximum Gasteiger partial charge on any atom is 0.340 e. The van der Waals surface area contributed by atoms with Crippen molar-refractivity contribution < 1.29 is 18.7 Å². The van der Waals surface area contributed by atoms with Crippen molar-refractivity contribution in [2.75, 3.05) is 41.4 Å². The van der Waals surface area contributed by atoms with Gasteiger partial charge in [0.2, 0.25) is 5.91 Å². The van der Waals surface area contributed by atoms with Crippen molar-refractivity contribution in [2.45, 2.75) is 38.3 Å². The van der Waals surface area contributed by atoms with Crippen molar-refractivity contribution in [1.82, 2.24) is 9.80 Å². The number of likely N-dealkylation sites (N-methyl/N-ethyl adjacent to an activating group) is 1. The smallest absolute Gasteiger partial charge is 0.340 e. The number of benzene rings is 1. The van der Waals surface area contributed by atoms with E-state index in [-0.39, 0.29) is 18.4 Å². The van der Waals surface area contributed by atoms with E-state index in [9.17, 15) is 9.59 Å². The predicted molar refractivity (Wildman–Crippen MR) is 119 cm³/mol. The molecular weight excluding hydrogens is 396 g/mol. The fourth-order valence-corrected chi connectivity index (χ4v) is 5.36. The minimum absolute atomic E-state index is 0.00645. The van der Waals surface area contributed by atoms with Crippen LogP contribution in [-0.2, 0) is 16.0 Å². The molecule has 7 heteroatoms. The van der Waals surface area contributed by atoms with E-state index in [1.54, 1.807) is 20.3 Å². The lowest BCUT2D eigenvalue weighted by Gasteiger charge is -2.40. The predicted octanol–water partition coefficient (Wildman–Crippen LogP) is 2.47. The molecule has 7 nitrogen and oxygen atoms in total. The highest BCUT2D eigenvalue weighted by Gasteiger charge is 2.44. The largest absolute Gasteiger partial charge is 0.497 e. The van der Waals surface area contributed by atoms with E-state index in [1.165, 1.54) is 0 Å². The van der Waals surface area contributed by atoms with Gasteiger partial charge < -0.3 is 23.7 Å². The Morgan fingerprint density at radius 1 is 1.19 bits per heavy atom. The van der Waals surface area contributed by atoms with Gasteiger partial charge in [-0.05, 0) is 63.4 Å². The number of likely N-dealkylation sites (tertiary alicyclic amines) is 1. The average Bonchev–Trinajstić information content (AvgIpc) is 3.18. The van der Waals surface area contributed by atoms with Gasteiger partial charge in [-0.3, -0.25) is 4.79 Å². The Bertz CT molecular complexity index is 1030. The van der Waals surface area contributed by atoms with Crippen LogP contribution < -0.4 is 10.4 Å². The number of aryl methyl sites for hydroxylation is 1. The summed E-state index contributed by atoms with van der Waals surface area (Å²) in [5.74, 6) is 1.55. The standard InChI is InChI=1S/C24H32N2O5/c1-14-18-7-6-17(29-4)10-21(18)31-24(28)19(14)11-23(27)26-12-15-8-20(25(2)3)22(30-5)9-16(15)13-26/h6-7,10,15-16,20,22H,8-9,11-13H2,1-5H3/t15-,16+,20-,22-/m1/s1. The molecule has 0 spiro atoms. The summed E-state index contributed by atoms with van der Waals surface area (Å²) in [5.41, 5.74) is 1.27. The van der Waals surface area contributed by atoms with E-state index in [1.807, 2.05) is 24.0 Å². The van der Waals surface area contributed by atoms with Crippen LogP contribution in [0.15, 0.2) is 27.4 Å². The monoisotopic (exact) mass is 428 g/mol. The summed E-state index contributed by atoms with van der Waals surface area (Å²) in [5, 5.41) is 0.829. The van der Waals surface area contributed by atoms with Gasteiger partial charge in [-0.2, -0.15) is 0 Å². The van der Waals surface area contributed by atoms with Crippen LogP contribution >= 0.6 is 0 Å². The van der Waals surface area contributed by atoms with Crippen molar-refractivity contribution in [2.24, 2.45) is 11.8 Å². The van der Waals surface area contributed by atoms with Crippen LogP contribution in [0.5, 0.6) is 5.75 Å². The van der Waals surface area contributed by atoms with Crippen LogP contribution in [0, 0.1) is 18.8 Å². The molecule has 2 aromatic rings. The van der Waals surface area contributed by atoms with Crippen LogP contribution in [0.3, 0.4) is 0 Å². The molecule has 2 fully saturated rings. The SMILES string of the molecule is COc1ccc2c(C)c(CC(=O)N3C[C@H]4C[C@@H](N(C)C)[C@H](OC)C[C@H]4C3)c(=O)oc2c1. The molecule has 1 amide bonds. The van der Waals surface area contributed by atoms with E-state index < -0.39 is 5.63 Å². The zero-order chi connectivity index (χ0) is 22.3. The third kappa shape index (κ3) is 4.08. The fraction of sp³-hybridized carbons (Fsp3) is 0.583. The lowest BCUT2D eigenvalue weighted by atomic mass is 9.77. The third-order valence-electron chi connectivity index (χ3n) is 7.23. The maximum atomic E-state index is 13.1. The molecule has 4 rings (SSSR count). The first-order valence-electron chi connectivity index (χ1n) is 10.9. The van der Waals surface area contributed by atoms with Crippen LogP contribution in [-0.4, -0.2) is 69.3 Å². The number of fused-ring (bicyclic) bond motifs is 2. The molecule has 1 saturated heterocycles. The van der Waals surface area contributed by atoms with Crippen molar-refractivity contribution in [3.8, 4) is 5.75 Å². The molecule has 0 unspecified atom stereocenters. The summed E-state index contributed by atoms with van der Waals surface area (Å²) in [7, 11) is 7.53. The highest BCUT2D eigenvalue weighted by Crippen LogP contribution is 2.39. The molecule has 1 aromatic heterocycles. The lowest BCUT2D eigenvalue weighted by Crippen LogP contribution is -2.47. The fourth-order valence-electron chi connectivity index (χ4n) is 5.36. The van der Waals surface area contributed by atoms with Crippen molar-refractivity contribution in [3.05, 3.63) is 39.7 Å². The lowest BCUT2D eigenvalue weighted by molar-refractivity contribution is -0.129. The van der Waals surface area contributed by atoms with Gasteiger partial charge in [-0.1, -0.05) is 0 Å². The molecule has 31 heavy (non-hydrogen) atoms. The second kappa shape index (κ2) is 8.63. The quantitative estimate of drug-likeness (QED) is 0.682. The van der Waals surface area contributed by atoms with Gasteiger partial charge in [0, 0.05) is 37.7 Å². The molecular formula is C24H32N2O5. The zero-order valence-electron chi connectivity index (χ0n) is 19.0. The number of ether oxygens (including phenoxy) is 2. The number of hydrogen-bond donors (Lipinski definition) is 0. The minimum atomic E-state index is -0.449. The molecule has 0 N–H and O–H groups in total. The zero-order valence-corrected chi connectivity index (χ0v) is 19.0. The van der Waals surface area contributed by atoms with Crippen molar-refractivity contribution in [3.63, 3.8) is 0 Å². The maximum absolute atomic E-state index is 13.1. The summed E-state index contributed by atoms with van der Waals surface area (Å²) in [4.78, 5) is 30.0. The Morgan fingerprint density at radius 2 is 1.90 bits per heavy atom. The van der Waals surface area contributed by atoms with E-state index in [4.69, 9.17) is 13.9 Å². The number of carbonyl (C=O) groups is 1. The molecule has 1 aromatic carbocycles. The average molecular weight is 429 g/mol. The number of amides is 1. The summed E-state index contributed by atoms with van der Waals surface area (Å²) in [6.45, 7) is 3.36. The first-order chi connectivity index (χ1) is 14.8. The molecule has 168 valence electrons. The van der Waals surface area contributed by atoms with Crippen LogP contribution in [0.2, 0.25) is 0 Å². The molecule has 0 bridgehead atoms. The Balaban J connectivity index is 1.52. The second-order valence-corrected chi connectivity index (χ2v) is 9.13. The van der Waals surface area contributed by atoms with Crippen LogP contribution in [0.25, 0.3) is 11.0 Å². The van der Waals surface area contributed by atoms with Gasteiger partial charge in [0.25, 0.3) is 0 Å². The van der Waals surface area contributed by atoms with Gasteiger partial charge in [-0.15, -0.1) is 0 Å². The number of methoxy groups -OCH3 is 2. The molecule has 2 heterocycles. The van der Waals surface area contributed by atoms with Crippen LogP contribution in [0.1, 0.15) is 24.0 Å². The van der Waals surface area contributed by atoms with E-state index in [0.717, 1.165) is 36.9 Å². The third-order valence-corrected chi connectivity index (χ3v) is 7.23. The first-order valence-corrected chi connectivity index (χ1v) is 10.9. The van der Waals surface area contributed by atoms with Gasteiger partial charge in [-0.25, -0.2) is 4.79 Å². The topological polar surface area (TPSA) is 72.2 Å². The van der Waals surface area contributed by atoms with Crippen LogP contribution in [0.4, 0.5) is 0 Å². The second-order valence-electron chi connectivity index (χ2n) is 9.13. The Kier molecular flexibility index (Phi) is 6.08. The molecule has 0 radical (unpaired) electrons. The Hall–Kier alpha value is -2.38. The van der Waals surface area contributed by atoms with Crippen molar-refractivity contribution >= 4 is 16.9 Å². The van der Waals surface area contributed by atoms with Gasteiger partial charge in [0.1, 0.15) is 11.3 Å². The molecule has 1 aliphatic carbocycles. The molecule has 1 saturated carbocycles. The van der Waals surface area contributed by atoms with E-state index >= 15 is 0 Å². The van der Waals surface area contributed by atoms with E-state index in [2.05, 4.69) is 19.0 Å². The minimum Gasteiger partial charge on any atom is -0.497 e. The normalized spacial score (nSPS) is 25.8. The summed E-state index contributed by atoms with van der Waals surface area (Å²) in [6, 6.07) is 5.78. The molecule has 4 atom stereocenters. The number of carbonyl (C=O) groups excluding carboxylic acids is 1. The first kappa shape index (κ1) is 21.8.